The van der Waals surface area contributed by atoms with E-state index in [1.54, 1.807) is 0 Å². The molecule has 25 heavy (non-hydrogen) atoms. The largest absolute Gasteiger partial charge is 0.523 e. The fourth-order valence-corrected chi connectivity index (χ4v) is 2.54. The molecule has 1 aliphatic rings. The van der Waals surface area contributed by atoms with Crippen LogP contribution in [0.2, 0.25) is 0 Å². The average molecular weight is 393 g/mol. The highest BCUT2D eigenvalue weighted by molar-refractivity contribution is 7.87. The van der Waals surface area contributed by atoms with E-state index in [1.807, 2.05) is 5.32 Å². The van der Waals surface area contributed by atoms with Gasteiger partial charge in [-0.05, 0) is 20.8 Å². The highest BCUT2D eigenvalue weighted by Gasteiger charge is 2.59. The highest BCUT2D eigenvalue weighted by atomic mass is 32.2. The van der Waals surface area contributed by atoms with Crippen LogP contribution in [0.15, 0.2) is 0 Å². The average Bonchev–Trinajstić information content (AvgIpc) is 2.77. The number of methoxy groups -OCH3 is 1. The van der Waals surface area contributed by atoms with E-state index in [2.05, 4.69) is 8.92 Å². The Kier molecular flexibility index (Phi) is 5.97. The first-order valence-electron chi connectivity index (χ1n) is 6.81. The molecule has 1 fully saturated rings. The molecule has 9 nitrogen and oxygen atoms in total. The summed E-state index contributed by atoms with van der Waals surface area (Å²) in [6.07, 6.45) is -3.19. The van der Waals surface area contributed by atoms with Gasteiger partial charge in [-0.1, -0.05) is 0 Å². The molecule has 146 valence electrons. The van der Waals surface area contributed by atoms with E-state index in [4.69, 9.17) is 9.47 Å². The molecule has 0 aromatic carbocycles. The Morgan fingerprint density at radius 2 is 1.80 bits per heavy atom. The molecule has 1 aliphatic heterocycles. The number of hydrogen-bond donors (Lipinski definition) is 1. The predicted molar refractivity (Wildman–Crippen MR) is 74.8 cm³/mol. The van der Waals surface area contributed by atoms with Gasteiger partial charge in [0.15, 0.2) is 5.54 Å². The molecule has 0 bridgehead atoms. The van der Waals surface area contributed by atoms with Gasteiger partial charge >= 0.3 is 27.7 Å². The second-order valence-corrected chi connectivity index (χ2v) is 7.65. The lowest BCUT2D eigenvalue weighted by molar-refractivity contribution is -0.151. The molecular weight excluding hydrogens is 375 g/mol. The Morgan fingerprint density at radius 3 is 2.24 bits per heavy atom. The van der Waals surface area contributed by atoms with Gasteiger partial charge in [-0.2, -0.15) is 21.6 Å². The van der Waals surface area contributed by atoms with E-state index < -0.39 is 58.1 Å². The molecular formula is C12H18F3NO8S. The van der Waals surface area contributed by atoms with Crippen molar-refractivity contribution in [2.24, 2.45) is 0 Å². The summed E-state index contributed by atoms with van der Waals surface area (Å²) < 4.78 is 78.3. The summed E-state index contributed by atoms with van der Waals surface area (Å²) in [5.41, 5.74) is -9.03. The maximum atomic E-state index is 12.5. The van der Waals surface area contributed by atoms with Crippen molar-refractivity contribution < 1.29 is 49.6 Å². The minimum atomic E-state index is -6.04. The normalized spacial score (nSPS) is 24.7. The molecule has 0 spiro atoms. The van der Waals surface area contributed by atoms with Crippen molar-refractivity contribution in [3.8, 4) is 0 Å². The van der Waals surface area contributed by atoms with E-state index in [0.29, 0.717) is 0 Å². The molecule has 1 heterocycles. The number of hydrogen-bond acceptors (Lipinski definition) is 8. The molecule has 0 aliphatic carbocycles. The topological polar surface area (TPSA) is 117 Å². The van der Waals surface area contributed by atoms with E-state index in [-0.39, 0.29) is 0 Å². The van der Waals surface area contributed by atoms with E-state index in [9.17, 15) is 31.2 Å². The van der Waals surface area contributed by atoms with Crippen molar-refractivity contribution in [3.63, 3.8) is 0 Å². The number of esters is 1. The third kappa shape index (κ3) is 4.95. The van der Waals surface area contributed by atoms with Crippen LogP contribution in [0.4, 0.5) is 18.0 Å². The molecule has 1 rings (SSSR count). The van der Waals surface area contributed by atoms with E-state index >= 15 is 0 Å². The van der Waals surface area contributed by atoms with Gasteiger partial charge in [-0.15, -0.1) is 0 Å². The molecule has 1 saturated heterocycles. The lowest BCUT2D eigenvalue weighted by Gasteiger charge is -2.32. The third-order valence-electron chi connectivity index (χ3n) is 2.95. The Labute approximate surface area is 141 Å². The van der Waals surface area contributed by atoms with Crippen LogP contribution < -0.4 is 5.32 Å². The van der Waals surface area contributed by atoms with Gasteiger partial charge in [0, 0.05) is 0 Å². The quantitative estimate of drug-likeness (QED) is 0.421. The second kappa shape index (κ2) is 6.96. The van der Waals surface area contributed by atoms with Crippen molar-refractivity contribution in [1.82, 2.24) is 5.32 Å². The number of halogens is 3. The maximum absolute atomic E-state index is 12.5. The number of carbonyl (C=O) groups excluding carboxylic acids is 2. The van der Waals surface area contributed by atoms with Crippen molar-refractivity contribution in [1.29, 1.82) is 0 Å². The predicted octanol–water partition coefficient (Wildman–Crippen LogP) is 0.688. The SMILES string of the molecule is COC(=O)[C@@]1(NC(=O)OC(C)(C)C)COC[C@@H]1OS(=O)(=O)C(F)(F)F. The zero-order chi connectivity index (χ0) is 19.7. The first-order valence-corrected chi connectivity index (χ1v) is 8.22. The molecule has 1 amide bonds. The number of alkyl carbamates (subject to hydrolysis) is 1. The zero-order valence-electron chi connectivity index (χ0n) is 13.8. The Morgan fingerprint density at radius 1 is 1.24 bits per heavy atom. The number of nitrogens with one attached hydrogen (secondary N) is 1. The van der Waals surface area contributed by atoms with Gasteiger partial charge in [0.25, 0.3) is 0 Å². The van der Waals surface area contributed by atoms with Crippen LogP contribution in [-0.2, 0) is 33.3 Å². The third-order valence-corrected chi connectivity index (χ3v) is 4.00. The van der Waals surface area contributed by atoms with Crippen molar-refractivity contribution in [3.05, 3.63) is 0 Å². The molecule has 13 heteroatoms. The van der Waals surface area contributed by atoms with Gasteiger partial charge in [-0.3, -0.25) is 4.18 Å². The fourth-order valence-electron chi connectivity index (χ4n) is 1.91. The molecule has 1 N–H and O–H groups in total. The van der Waals surface area contributed by atoms with Crippen molar-refractivity contribution in [2.45, 2.75) is 43.5 Å². The fraction of sp³-hybridized carbons (Fsp3) is 0.833. The van der Waals surface area contributed by atoms with Crippen LogP contribution in [0.3, 0.4) is 0 Å². The molecule has 0 aromatic heterocycles. The lowest BCUT2D eigenvalue weighted by atomic mass is 9.96. The number of amides is 1. The second-order valence-electron chi connectivity index (χ2n) is 6.09. The number of rotatable bonds is 4. The minimum absolute atomic E-state index is 0.670. The molecule has 0 radical (unpaired) electrons. The van der Waals surface area contributed by atoms with E-state index in [0.717, 1.165) is 7.11 Å². The molecule has 0 unspecified atom stereocenters. The summed E-state index contributed by atoms with van der Waals surface area (Å²) in [6.45, 7) is 3.14. The molecule has 0 saturated carbocycles. The summed E-state index contributed by atoms with van der Waals surface area (Å²) in [7, 11) is -5.15. The first-order chi connectivity index (χ1) is 11.1. The zero-order valence-corrected chi connectivity index (χ0v) is 14.6. The number of alkyl halides is 3. The maximum Gasteiger partial charge on any atom is 0.523 e. The van der Waals surface area contributed by atoms with Gasteiger partial charge in [0.05, 0.1) is 20.3 Å². The van der Waals surface area contributed by atoms with Crippen LogP contribution in [0.1, 0.15) is 20.8 Å². The number of carbonyl (C=O) groups is 2. The minimum Gasteiger partial charge on any atom is -0.467 e. The van der Waals surface area contributed by atoms with E-state index in [1.165, 1.54) is 20.8 Å². The summed E-state index contributed by atoms with van der Waals surface area (Å²) in [5.74, 6) is -1.25. The number of ether oxygens (including phenoxy) is 3. The van der Waals surface area contributed by atoms with Gasteiger partial charge < -0.3 is 19.5 Å². The monoisotopic (exact) mass is 393 g/mol. The van der Waals surface area contributed by atoms with Crippen molar-refractivity contribution >= 4 is 22.2 Å². The van der Waals surface area contributed by atoms with Crippen LogP contribution in [-0.4, -0.2) is 63.6 Å². The Bertz CT molecular complexity index is 627. The summed E-state index contributed by atoms with van der Waals surface area (Å²) in [4.78, 5) is 24.0. The van der Waals surface area contributed by atoms with Crippen LogP contribution in [0, 0.1) is 0 Å². The molecule has 0 aromatic rings. The van der Waals surface area contributed by atoms with Crippen molar-refractivity contribution in [2.75, 3.05) is 20.3 Å². The van der Waals surface area contributed by atoms with Crippen LogP contribution >= 0.6 is 0 Å². The summed E-state index contributed by atoms with van der Waals surface area (Å²) in [6, 6.07) is 0. The lowest BCUT2D eigenvalue weighted by Crippen LogP contribution is -2.64. The standard InChI is InChI=1S/C12H18F3NO8S/c1-10(2,3)23-9(18)16-11(8(17)21-4)6-22-5-7(11)24-25(19,20)12(13,14)15/h7H,5-6H2,1-4H3,(H,16,18)/t7-,11+/m0/s1. The summed E-state index contributed by atoms with van der Waals surface area (Å²) in [5, 5.41) is 2.01. The van der Waals surface area contributed by atoms with Gasteiger partial charge in [0.2, 0.25) is 0 Å². The molecule has 2 atom stereocenters. The van der Waals surface area contributed by atoms with Crippen LogP contribution in [0.25, 0.3) is 0 Å². The van der Waals surface area contributed by atoms with Gasteiger partial charge in [-0.25, -0.2) is 9.59 Å². The smallest absolute Gasteiger partial charge is 0.467 e. The first kappa shape index (κ1) is 21.4. The Hall–Kier alpha value is -1.60. The van der Waals surface area contributed by atoms with Crippen LogP contribution in [0.5, 0.6) is 0 Å². The summed E-state index contributed by atoms with van der Waals surface area (Å²) >= 11 is 0. The highest BCUT2D eigenvalue weighted by Crippen LogP contribution is 2.32. The Balaban J connectivity index is 3.15. The van der Waals surface area contributed by atoms with Gasteiger partial charge in [0.1, 0.15) is 11.7 Å².